The minimum atomic E-state index is 0.0781. The van der Waals surface area contributed by atoms with Crippen LogP contribution in [0.1, 0.15) is 50.1 Å². The van der Waals surface area contributed by atoms with Crippen LogP contribution in [0.15, 0.2) is 23.2 Å². The Morgan fingerprint density at radius 1 is 1.05 bits per heavy atom. The molecule has 1 atom stereocenters. The second-order valence-electron chi connectivity index (χ2n) is 5.90. The van der Waals surface area contributed by atoms with Gasteiger partial charge in [-0.3, -0.25) is 4.99 Å². The number of hydrogen-bond acceptors (Lipinski definition) is 3. The van der Waals surface area contributed by atoms with Crippen molar-refractivity contribution in [3.05, 3.63) is 33.8 Å². The molecule has 0 spiro atoms. The van der Waals surface area contributed by atoms with Gasteiger partial charge in [-0.2, -0.15) is 0 Å². The Morgan fingerprint density at radius 2 is 1.67 bits per heavy atom. The molecule has 1 unspecified atom stereocenters. The molecule has 1 aliphatic heterocycles. The summed E-state index contributed by atoms with van der Waals surface area (Å²) in [6.45, 7) is 0.645. The van der Waals surface area contributed by atoms with Crippen molar-refractivity contribution in [3.8, 4) is 0 Å². The van der Waals surface area contributed by atoms with Gasteiger partial charge in [-0.15, -0.1) is 0 Å². The van der Waals surface area contributed by atoms with E-state index in [1.54, 1.807) is 0 Å². The molecule has 1 aromatic rings. The number of aliphatic imine (C=N–C) groups is 1. The molecule has 0 bridgehead atoms. The molecule has 1 aliphatic carbocycles. The maximum absolute atomic E-state index is 6.39. The van der Waals surface area contributed by atoms with Crippen LogP contribution in [0.3, 0.4) is 0 Å². The normalized spacial score (nSPS) is 24.0. The van der Waals surface area contributed by atoms with Crippen LogP contribution in [-0.4, -0.2) is 23.4 Å². The summed E-state index contributed by atoms with van der Waals surface area (Å²) in [5.41, 5.74) is 7.15. The van der Waals surface area contributed by atoms with Crippen LogP contribution >= 0.6 is 23.2 Å². The van der Waals surface area contributed by atoms with E-state index in [0.29, 0.717) is 28.6 Å². The molecule has 114 valence electrons. The average molecular weight is 326 g/mol. The lowest BCUT2D eigenvalue weighted by molar-refractivity contribution is 0.237. The molecule has 1 aromatic carbocycles. The van der Waals surface area contributed by atoms with Crippen molar-refractivity contribution in [2.45, 2.75) is 50.6 Å². The summed E-state index contributed by atoms with van der Waals surface area (Å²) < 4.78 is 0. The topological polar surface area (TPSA) is 41.6 Å². The Hall–Kier alpha value is -0.930. The molecular formula is C16H21Cl2N3. The van der Waals surface area contributed by atoms with Crippen LogP contribution in [0.4, 0.5) is 0 Å². The van der Waals surface area contributed by atoms with Crippen molar-refractivity contribution >= 4 is 29.2 Å². The van der Waals surface area contributed by atoms with E-state index in [1.165, 1.54) is 38.5 Å². The minimum absolute atomic E-state index is 0.0781. The standard InChI is InChI=1S/C16H21Cl2N3/c17-12-8-5-9-13(18)15(12)14-10-20-16(19)21(14)11-6-3-1-2-4-7-11/h5,8-9,11,14H,1-4,6-7,10H2,(H2,19,20). The summed E-state index contributed by atoms with van der Waals surface area (Å²) in [5, 5.41) is 1.41. The van der Waals surface area contributed by atoms with Crippen LogP contribution in [-0.2, 0) is 0 Å². The van der Waals surface area contributed by atoms with Gasteiger partial charge in [-0.1, -0.05) is 55.0 Å². The maximum Gasteiger partial charge on any atom is 0.192 e. The molecule has 0 amide bonds. The molecule has 1 saturated carbocycles. The molecule has 1 heterocycles. The summed E-state index contributed by atoms with van der Waals surface area (Å²) in [7, 11) is 0. The fourth-order valence-electron chi connectivity index (χ4n) is 3.55. The van der Waals surface area contributed by atoms with Crippen LogP contribution in [0.5, 0.6) is 0 Å². The quantitative estimate of drug-likeness (QED) is 0.819. The molecule has 2 N–H and O–H groups in total. The molecule has 5 heteroatoms. The number of halogens is 2. The van der Waals surface area contributed by atoms with E-state index >= 15 is 0 Å². The van der Waals surface area contributed by atoms with E-state index in [-0.39, 0.29) is 6.04 Å². The predicted octanol–water partition coefficient (Wildman–Crippen LogP) is 4.39. The first-order valence-corrected chi connectivity index (χ1v) is 8.46. The van der Waals surface area contributed by atoms with Gasteiger partial charge in [0.15, 0.2) is 5.96 Å². The zero-order valence-electron chi connectivity index (χ0n) is 12.1. The first-order chi connectivity index (χ1) is 10.2. The Balaban J connectivity index is 1.91. The molecule has 3 rings (SSSR count). The Labute approximate surface area is 136 Å². The molecule has 0 aromatic heterocycles. The Bertz CT molecular complexity index is 516. The number of guanidine groups is 1. The lowest BCUT2D eigenvalue weighted by Crippen LogP contribution is -2.43. The first kappa shape index (κ1) is 15.0. The number of benzene rings is 1. The molecule has 0 radical (unpaired) electrons. The van der Waals surface area contributed by atoms with Crippen LogP contribution in [0, 0.1) is 0 Å². The highest BCUT2D eigenvalue weighted by Gasteiger charge is 2.35. The fourth-order valence-corrected chi connectivity index (χ4v) is 4.20. The van der Waals surface area contributed by atoms with E-state index in [4.69, 9.17) is 28.9 Å². The van der Waals surface area contributed by atoms with Gasteiger partial charge < -0.3 is 10.6 Å². The average Bonchev–Trinajstić information content (AvgIpc) is 2.67. The summed E-state index contributed by atoms with van der Waals surface area (Å²) in [6, 6.07) is 6.19. The molecule has 21 heavy (non-hydrogen) atoms. The lowest BCUT2D eigenvalue weighted by Gasteiger charge is -2.35. The third-order valence-electron chi connectivity index (χ3n) is 4.58. The number of rotatable bonds is 2. The number of hydrogen-bond donors (Lipinski definition) is 1. The second kappa shape index (κ2) is 6.45. The summed E-state index contributed by atoms with van der Waals surface area (Å²) in [5.74, 6) is 0.642. The van der Waals surface area contributed by atoms with Gasteiger partial charge in [0, 0.05) is 21.7 Å². The van der Waals surface area contributed by atoms with E-state index in [9.17, 15) is 0 Å². The van der Waals surface area contributed by atoms with Crippen molar-refractivity contribution in [1.29, 1.82) is 0 Å². The van der Waals surface area contributed by atoms with Gasteiger partial charge in [-0.05, 0) is 25.0 Å². The highest BCUT2D eigenvalue weighted by atomic mass is 35.5. The molecular weight excluding hydrogens is 305 g/mol. The Kier molecular flexibility index (Phi) is 4.60. The van der Waals surface area contributed by atoms with E-state index in [1.807, 2.05) is 18.2 Å². The smallest absolute Gasteiger partial charge is 0.192 e. The van der Waals surface area contributed by atoms with Gasteiger partial charge in [0.1, 0.15) is 0 Å². The van der Waals surface area contributed by atoms with Crippen molar-refractivity contribution in [1.82, 2.24) is 4.90 Å². The summed E-state index contributed by atoms with van der Waals surface area (Å²) in [4.78, 5) is 6.73. The molecule has 1 fully saturated rings. The van der Waals surface area contributed by atoms with Gasteiger partial charge in [0.25, 0.3) is 0 Å². The van der Waals surface area contributed by atoms with Gasteiger partial charge in [-0.25, -0.2) is 0 Å². The monoisotopic (exact) mass is 325 g/mol. The summed E-state index contributed by atoms with van der Waals surface area (Å²) in [6.07, 6.45) is 7.51. The van der Waals surface area contributed by atoms with Crippen molar-refractivity contribution < 1.29 is 0 Å². The van der Waals surface area contributed by atoms with Crippen molar-refractivity contribution in [2.75, 3.05) is 6.54 Å². The third kappa shape index (κ3) is 3.00. The molecule has 3 nitrogen and oxygen atoms in total. The predicted molar refractivity (Wildman–Crippen MR) is 89.0 cm³/mol. The van der Waals surface area contributed by atoms with Crippen molar-refractivity contribution in [3.63, 3.8) is 0 Å². The van der Waals surface area contributed by atoms with E-state index in [2.05, 4.69) is 9.89 Å². The van der Waals surface area contributed by atoms with Gasteiger partial charge in [0.2, 0.25) is 0 Å². The highest BCUT2D eigenvalue weighted by Crippen LogP contribution is 2.39. The molecule has 2 aliphatic rings. The zero-order chi connectivity index (χ0) is 14.8. The largest absolute Gasteiger partial charge is 0.370 e. The lowest BCUT2D eigenvalue weighted by atomic mass is 10.0. The second-order valence-corrected chi connectivity index (χ2v) is 6.72. The van der Waals surface area contributed by atoms with Gasteiger partial charge in [0.05, 0.1) is 12.6 Å². The van der Waals surface area contributed by atoms with Crippen LogP contribution in [0.25, 0.3) is 0 Å². The zero-order valence-corrected chi connectivity index (χ0v) is 13.6. The van der Waals surface area contributed by atoms with Crippen molar-refractivity contribution in [2.24, 2.45) is 10.7 Å². The highest BCUT2D eigenvalue weighted by molar-refractivity contribution is 6.36. The van der Waals surface area contributed by atoms with Crippen LogP contribution < -0.4 is 5.73 Å². The third-order valence-corrected chi connectivity index (χ3v) is 5.24. The Morgan fingerprint density at radius 3 is 2.29 bits per heavy atom. The number of nitrogens with two attached hydrogens (primary N) is 1. The molecule has 0 saturated heterocycles. The van der Waals surface area contributed by atoms with Crippen LogP contribution in [0.2, 0.25) is 10.0 Å². The number of nitrogens with zero attached hydrogens (tertiary/aromatic N) is 2. The van der Waals surface area contributed by atoms with Gasteiger partial charge >= 0.3 is 0 Å². The summed E-state index contributed by atoms with van der Waals surface area (Å²) >= 11 is 12.8. The first-order valence-electron chi connectivity index (χ1n) is 7.70. The fraction of sp³-hybridized carbons (Fsp3) is 0.562. The maximum atomic E-state index is 6.39. The van der Waals surface area contributed by atoms with E-state index in [0.717, 1.165) is 5.56 Å². The SMILES string of the molecule is NC1=NCC(c2c(Cl)cccc2Cl)N1C1CCCCCC1. The minimum Gasteiger partial charge on any atom is -0.370 e. The van der Waals surface area contributed by atoms with E-state index < -0.39 is 0 Å².